The molecule has 4 heteroatoms. The molecule has 0 saturated carbocycles. The maximum Gasteiger partial charge on any atom is 0.320 e. The van der Waals surface area contributed by atoms with Crippen molar-refractivity contribution in [1.82, 2.24) is 5.32 Å². The van der Waals surface area contributed by atoms with E-state index in [1.54, 1.807) is 11.8 Å². The number of thioether (sulfide) groups is 1. The first-order chi connectivity index (χ1) is 4.84. The molecule has 1 N–H and O–H groups in total. The van der Waals surface area contributed by atoms with Crippen molar-refractivity contribution in [3.05, 3.63) is 0 Å². The van der Waals surface area contributed by atoms with Crippen LogP contribution in [0, 0.1) is 0 Å². The second-order valence-corrected chi connectivity index (χ2v) is 3.40. The van der Waals surface area contributed by atoms with Crippen LogP contribution < -0.4 is 5.32 Å². The summed E-state index contributed by atoms with van der Waals surface area (Å²) in [7, 11) is 1.43. The standard InChI is InChI=1S/C6H11NO2S/c1-9-6(8)5-4-7-2-3-10-5/h5,7H,2-4H2,1H3/t5-/m1/s1. The quantitative estimate of drug-likeness (QED) is 0.543. The highest BCUT2D eigenvalue weighted by atomic mass is 32.2. The van der Waals surface area contributed by atoms with Crippen molar-refractivity contribution >= 4 is 17.7 Å². The lowest BCUT2D eigenvalue weighted by Crippen LogP contribution is -2.37. The van der Waals surface area contributed by atoms with E-state index >= 15 is 0 Å². The first-order valence-electron chi connectivity index (χ1n) is 3.24. The molecule has 1 atom stereocenters. The van der Waals surface area contributed by atoms with Gasteiger partial charge < -0.3 is 10.1 Å². The van der Waals surface area contributed by atoms with E-state index in [2.05, 4.69) is 10.1 Å². The Morgan fingerprint density at radius 3 is 3.10 bits per heavy atom. The lowest BCUT2D eigenvalue weighted by atomic mass is 10.4. The summed E-state index contributed by atoms with van der Waals surface area (Å²) in [6.45, 7) is 1.75. The molecule has 1 heterocycles. The predicted molar refractivity (Wildman–Crippen MR) is 41.1 cm³/mol. The molecule has 0 aromatic rings. The first-order valence-corrected chi connectivity index (χ1v) is 4.29. The van der Waals surface area contributed by atoms with E-state index < -0.39 is 0 Å². The molecule has 58 valence electrons. The first kappa shape index (κ1) is 7.88. The Morgan fingerprint density at radius 2 is 2.60 bits per heavy atom. The Hall–Kier alpha value is -0.220. The van der Waals surface area contributed by atoms with Gasteiger partial charge in [-0.05, 0) is 0 Å². The van der Waals surface area contributed by atoms with Crippen molar-refractivity contribution in [2.75, 3.05) is 26.0 Å². The van der Waals surface area contributed by atoms with E-state index in [0.717, 1.165) is 18.8 Å². The fraction of sp³-hybridized carbons (Fsp3) is 0.833. The largest absolute Gasteiger partial charge is 0.468 e. The van der Waals surface area contributed by atoms with Crippen LogP contribution in [-0.2, 0) is 9.53 Å². The van der Waals surface area contributed by atoms with Crippen LogP contribution in [0.5, 0.6) is 0 Å². The van der Waals surface area contributed by atoms with Crippen LogP contribution in [0.25, 0.3) is 0 Å². The molecule has 10 heavy (non-hydrogen) atoms. The van der Waals surface area contributed by atoms with Crippen LogP contribution in [0.2, 0.25) is 0 Å². The number of hydrogen-bond donors (Lipinski definition) is 1. The summed E-state index contributed by atoms with van der Waals surface area (Å²) in [6.07, 6.45) is 0. The SMILES string of the molecule is COC(=O)[C@H]1CNCCS1. The van der Waals surface area contributed by atoms with Gasteiger partial charge in [0, 0.05) is 18.8 Å². The summed E-state index contributed by atoms with van der Waals surface area (Å²) >= 11 is 1.66. The molecule has 0 aromatic heterocycles. The average molecular weight is 161 g/mol. The van der Waals surface area contributed by atoms with Crippen LogP contribution in [0.3, 0.4) is 0 Å². The van der Waals surface area contributed by atoms with Crippen LogP contribution in [0.1, 0.15) is 0 Å². The summed E-state index contributed by atoms with van der Waals surface area (Å²) in [4.78, 5) is 10.9. The number of carbonyl (C=O) groups is 1. The molecule has 0 spiro atoms. The molecule has 0 aromatic carbocycles. The van der Waals surface area contributed by atoms with E-state index in [1.807, 2.05) is 0 Å². The second kappa shape index (κ2) is 3.83. The van der Waals surface area contributed by atoms with Gasteiger partial charge >= 0.3 is 5.97 Å². The Balaban J connectivity index is 2.31. The Labute approximate surface area is 64.5 Å². The molecule has 1 fully saturated rings. The molecule has 3 nitrogen and oxygen atoms in total. The molecule has 1 rings (SSSR count). The third-order valence-electron chi connectivity index (χ3n) is 1.39. The number of hydrogen-bond acceptors (Lipinski definition) is 4. The molecule has 1 aliphatic rings. The third-order valence-corrected chi connectivity index (χ3v) is 2.59. The van der Waals surface area contributed by atoms with E-state index in [9.17, 15) is 4.79 Å². The number of nitrogens with one attached hydrogen (secondary N) is 1. The molecule has 0 radical (unpaired) electrons. The van der Waals surface area contributed by atoms with Crippen LogP contribution in [-0.4, -0.2) is 37.2 Å². The van der Waals surface area contributed by atoms with Crippen molar-refractivity contribution in [2.24, 2.45) is 0 Å². The van der Waals surface area contributed by atoms with Crippen molar-refractivity contribution in [1.29, 1.82) is 0 Å². The normalized spacial score (nSPS) is 25.9. The lowest BCUT2D eigenvalue weighted by molar-refractivity contribution is -0.139. The number of carbonyl (C=O) groups excluding carboxylic acids is 1. The predicted octanol–water partition coefficient (Wildman–Crippen LogP) is -0.136. The topological polar surface area (TPSA) is 38.3 Å². The maximum atomic E-state index is 10.9. The van der Waals surface area contributed by atoms with Crippen molar-refractivity contribution in [2.45, 2.75) is 5.25 Å². The summed E-state index contributed by atoms with van der Waals surface area (Å²) in [5, 5.41) is 3.14. The molecule has 0 amide bonds. The van der Waals surface area contributed by atoms with E-state index in [0.29, 0.717) is 0 Å². The molecule has 1 saturated heterocycles. The van der Waals surface area contributed by atoms with Crippen molar-refractivity contribution < 1.29 is 9.53 Å². The highest BCUT2D eigenvalue weighted by Crippen LogP contribution is 2.13. The summed E-state index contributed by atoms with van der Waals surface area (Å²) in [5.74, 6) is 0.886. The highest BCUT2D eigenvalue weighted by Gasteiger charge is 2.21. The minimum atomic E-state index is -0.114. The van der Waals surface area contributed by atoms with Gasteiger partial charge in [0.2, 0.25) is 0 Å². The number of methoxy groups -OCH3 is 1. The van der Waals surface area contributed by atoms with Crippen molar-refractivity contribution in [3.8, 4) is 0 Å². The van der Waals surface area contributed by atoms with Crippen LogP contribution in [0.4, 0.5) is 0 Å². The molecule has 1 aliphatic heterocycles. The van der Waals surface area contributed by atoms with Gasteiger partial charge in [-0.15, -0.1) is 11.8 Å². The minimum Gasteiger partial charge on any atom is -0.468 e. The lowest BCUT2D eigenvalue weighted by Gasteiger charge is -2.19. The van der Waals surface area contributed by atoms with Gasteiger partial charge in [-0.2, -0.15) is 0 Å². The van der Waals surface area contributed by atoms with Gasteiger partial charge in [0.15, 0.2) is 0 Å². The fourth-order valence-corrected chi connectivity index (χ4v) is 1.86. The van der Waals surface area contributed by atoms with E-state index in [1.165, 1.54) is 7.11 Å². The minimum absolute atomic E-state index is 0.0127. The summed E-state index contributed by atoms with van der Waals surface area (Å²) < 4.78 is 4.59. The second-order valence-electron chi connectivity index (χ2n) is 2.09. The van der Waals surface area contributed by atoms with E-state index in [4.69, 9.17) is 0 Å². The van der Waals surface area contributed by atoms with Gasteiger partial charge in [0.05, 0.1) is 7.11 Å². The van der Waals surface area contributed by atoms with Crippen molar-refractivity contribution in [3.63, 3.8) is 0 Å². The monoisotopic (exact) mass is 161 g/mol. The highest BCUT2D eigenvalue weighted by molar-refractivity contribution is 8.00. The molecule has 0 aliphatic carbocycles. The third kappa shape index (κ3) is 1.88. The number of rotatable bonds is 1. The smallest absolute Gasteiger partial charge is 0.320 e. The van der Waals surface area contributed by atoms with Crippen LogP contribution >= 0.6 is 11.8 Å². The molecular weight excluding hydrogens is 150 g/mol. The maximum absolute atomic E-state index is 10.9. The molecule has 0 unspecified atom stereocenters. The Kier molecular flexibility index (Phi) is 3.02. The van der Waals surface area contributed by atoms with Gasteiger partial charge in [0.1, 0.15) is 5.25 Å². The van der Waals surface area contributed by atoms with Gasteiger partial charge in [-0.25, -0.2) is 0 Å². The van der Waals surface area contributed by atoms with Gasteiger partial charge in [-0.1, -0.05) is 0 Å². The summed E-state index contributed by atoms with van der Waals surface area (Å²) in [6, 6.07) is 0. The number of esters is 1. The van der Waals surface area contributed by atoms with Gasteiger partial charge in [0.25, 0.3) is 0 Å². The zero-order valence-corrected chi connectivity index (χ0v) is 6.74. The zero-order valence-electron chi connectivity index (χ0n) is 5.92. The van der Waals surface area contributed by atoms with E-state index in [-0.39, 0.29) is 11.2 Å². The number of ether oxygens (including phenoxy) is 1. The zero-order chi connectivity index (χ0) is 7.40. The molecular formula is C6H11NO2S. The Bertz CT molecular complexity index is 123. The Morgan fingerprint density at radius 1 is 1.80 bits per heavy atom. The average Bonchev–Trinajstić information content (AvgIpc) is 2.05. The van der Waals surface area contributed by atoms with Gasteiger partial charge in [-0.3, -0.25) is 4.79 Å². The van der Waals surface area contributed by atoms with Crippen LogP contribution in [0.15, 0.2) is 0 Å². The fourth-order valence-electron chi connectivity index (χ4n) is 0.848. The molecule has 0 bridgehead atoms. The summed E-state index contributed by atoms with van der Waals surface area (Å²) in [5.41, 5.74) is 0.